The van der Waals surface area contributed by atoms with E-state index in [4.69, 9.17) is 0 Å². The average Bonchev–Trinajstić information content (AvgIpc) is 3.12. The molecule has 2 aromatic carbocycles. The molecule has 0 saturated carbocycles. The van der Waals surface area contributed by atoms with Gasteiger partial charge in [0.2, 0.25) is 5.91 Å². The van der Waals surface area contributed by atoms with Gasteiger partial charge >= 0.3 is 0 Å². The van der Waals surface area contributed by atoms with E-state index in [0.717, 1.165) is 35.0 Å². The largest absolute Gasteiger partial charge is 0.367 e. The minimum Gasteiger partial charge on any atom is -0.367 e. The van der Waals surface area contributed by atoms with Crippen molar-refractivity contribution in [3.05, 3.63) is 81.8 Å². The van der Waals surface area contributed by atoms with Gasteiger partial charge in [0.05, 0.1) is 23.3 Å². The van der Waals surface area contributed by atoms with Gasteiger partial charge in [-0.15, -0.1) is 11.3 Å². The van der Waals surface area contributed by atoms with Gasteiger partial charge < -0.3 is 4.90 Å². The lowest BCUT2D eigenvalue weighted by Crippen LogP contribution is -2.21. The molecule has 0 unspecified atom stereocenters. The lowest BCUT2D eigenvalue weighted by Gasteiger charge is -2.23. The molecule has 5 nitrogen and oxygen atoms in total. The predicted octanol–water partition coefficient (Wildman–Crippen LogP) is 4.17. The molecule has 0 atom stereocenters. The van der Waals surface area contributed by atoms with Crippen LogP contribution in [-0.2, 0) is 17.8 Å². The number of amides is 1. The number of aryl methyl sites for hydroxylation is 1. The number of hydrogen-bond donors (Lipinski definition) is 1. The van der Waals surface area contributed by atoms with Gasteiger partial charge in [0.1, 0.15) is 0 Å². The molecule has 0 aliphatic rings. The molecule has 1 N–H and O–H groups in total. The summed E-state index contributed by atoms with van der Waals surface area (Å²) in [7, 11) is 0. The van der Waals surface area contributed by atoms with Gasteiger partial charge in [0.25, 0.3) is 0 Å². The molecule has 1 amide bonds. The Hall–Kier alpha value is -2.99. The van der Waals surface area contributed by atoms with Crippen molar-refractivity contribution in [1.82, 2.24) is 10.4 Å². The predicted molar refractivity (Wildman–Crippen MR) is 116 cm³/mol. The van der Waals surface area contributed by atoms with Crippen molar-refractivity contribution in [3.8, 4) is 0 Å². The van der Waals surface area contributed by atoms with E-state index in [1.165, 1.54) is 16.9 Å². The van der Waals surface area contributed by atoms with Crippen molar-refractivity contribution >= 4 is 29.1 Å². The van der Waals surface area contributed by atoms with Crippen LogP contribution in [0.4, 0.5) is 5.69 Å². The monoisotopic (exact) mass is 392 g/mol. The molecule has 0 bridgehead atoms. The van der Waals surface area contributed by atoms with Crippen LogP contribution in [0, 0.1) is 6.92 Å². The van der Waals surface area contributed by atoms with Gasteiger partial charge in [-0.1, -0.05) is 42.5 Å². The average molecular weight is 393 g/mol. The highest BCUT2D eigenvalue weighted by Gasteiger charge is 2.06. The standard InChI is InChI=1S/C22H24N4OS/c1-3-26(15-19-7-5-4-6-8-19)21-11-9-18(10-12-21)14-23-25-22(27)13-20-16-28-17(2)24-20/h4-12,14,16H,3,13,15H2,1-2H3,(H,25,27)/b23-14-. The second-order valence-corrected chi connectivity index (χ2v) is 7.48. The number of hydrazone groups is 1. The summed E-state index contributed by atoms with van der Waals surface area (Å²) in [5.74, 6) is -0.168. The maximum Gasteiger partial charge on any atom is 0.246 e. The minimum absolute atomic E-state index is 0.168. The molecule has 0 spiro atoms. The number of nitrogens with one attached hydrogen (secondary N) is 1. The third-order valence-corrected chi connectivity index (χ3v) is 5.09. The molecule has 28 heavy (non-hydrogen) atoms. The van der Waals surface area contributed by atoms with Crippen molar-refractivity contribution in [2.45, 2.75) is 26.8 Å². The number of anilines is 1. The summed E-state index contributed by atoms with van der Waals surface area (Å²) < 4.78 is 0. The van der Waals surface area contributed by atoms with Crippen LogP contribution in [-0.4, -0.2) is 23.7 Å². The number of carbonyl (C=O) groups is 1. The Kier molecular flexibility index (Phi) is 6.92. The van der Waals surface area contributed by atoms with Crippen LogP contribution in [0.2, 0.25) is 0 Å². The van der Waals surface area contributed by atoms with Crippen molar-refractivity contribution < 1.29 is 4.79 Å². The summed E-state index contributed by atoms with van der Waals surface area (Å²) in [6, 6.07) is 18.6. The number of thiazole rings is 1. The molecule has 0 radical (unpaired) electrons. The van der Waals surface area contributed by atoms with Gasteiger partial charge in [-0.3, -0.25) is 4.79 Å². The van der Waals surface area contributed by atoms with Crippen LogP contribution in [0.25, 0.3) is 0 Å². The molecular weight excluding hydrogens is 368 g/mol. The maximum atomic E-state index is 11.9. The number of hydrogen-bond acceptors (Lipinski definition) is 5. The fraction of sp³-hybridized carbons (Fsp3) is 0.227. The Bertz CT molecular complexity index is 919. The number of carbonyl (C=O) groups excluding carboxylic acids is 1. The molecule has 0 aliphatic carbocycles. The number of rotatable bonds is 8. The van der Waals surface area contributed by atoms with Crippen LogP contribution in [0.15, 0.2) is 65.1 Å². The van der Waals surface area contributed by atoms with Crippen molar-refractivity contribution in [1.29, 1.82) is 0 Å². The summed E-state index contributed by atoms with van der Waals surface area (Å²) >= 11 is 1.54. The zero-order valence-corrected chi connectivity index (χ0v) is 16.9. The van der Waals surface area contributed by atoms with Crippen molar-refractivity contribution in [2.75, 3.05) is 11.4 Å². The Morgan fingerprint density at radius 3 is 2.57 bits per heavy atom. The Balaban J connectivity index is 1.54. The van der Waals surface area contributed by atoms with Crippen molar-refractivity contribution in [2.24, 2.45) is 5.10 Å². The van der Waals surface area contributed by atoms with E-state index in [9.17, 15) is 4.79 Å². The molecule has 144 valence electrons. The van der Waals surface area contributed by atoms with E-state index < -0.39 is 0 Å². The van der Waals surface area contributed by atoms with Crippen molar-refractivity contribution in [3.63, 3.8) is 0 Å². The van der Waals surface area contributed by atoms with Gasteiger partial charge in [-0.05, 0) is 37.1 Å². The summed E-state index contributed by atoms with van der Waals surface area (Å²) in [5.41, 5.74) is 6.71. The van der Waals surface area contributed by atoms with Crippen LogP contribution < -0.4 is 10.3 Å². The van der Waals surface area contributed by atoms with Gasteiger partial charge in [-0.2, -0.15) is 5.10 Å². The summed E-state index contributed by atoms with van der Waals surface area (Å²) in [6.07, 6.45) is 1.90. The second-order valence-electron chi connectivity index (χ2n) is 6.42. The lowest BCUT2D eigenvalue weighted by atomic mass is 10.1. The smallest absolute Gasteiger partial charge is 0.246 e. The minimum atomic E-state index is -0.168. The topological polar surface area (TPSA) is 57.6 Å². The van der Waals surface area contributed by atoms with E-state index in [-0.39, 0.29) is 12.3 Å². The van der Waals surface area contributed by atoms with Crippen LogP contribution in [0.5, 0.6) is 0 Å². The molecule has 3 aromatic rings. The first-order valence-corrected chi connectivity index (χ1v) is 10.1. The van der Waals surface area contributed by atoms with Crippen LogP contribution in [0.3, 0.4) is 0 Å². The highest BCUT2D eigenvalue weighted by molar-refractivity contribution is 7.09. The molecule has 1 heterocycles. The second kappa shape index (κ2) is 9.80. The van der Waals surface area contributed by atoms with E-state index >= 15 is 0 Å². The maximum absolute atomic E-state index is 11.9. The molecule has 3 rings (SSSR count). The summed E-state index contributed by atoms with van der Waals surface area (Å²) in [6.45, 7) is 5.87. The van der Waals surface area contributed by atoms with E-state index in [1.54, 1.807) is 6.21 Å². The Morgan fingerprint density at radius 1 is 1.18 bits per heavy atom. The van der Waals surface area contributed by atoms with E-state index in [1.807, 2.05) is 30.5 Å². The first-order chi connectivity index (χ1) is 13.6. The first kappa shape index (κ1) is 19.8. The fourth-order valence-electron chi connectivity index (χ4n) is 2.83. The van der Waals surface area contributed by atoms with E-state index in [2.05, 4.69) is 63.7 Å². The van der Waals surface area contributed by atoms with Gasteiger partial charge in [0.15, 0.2) is 0 Å². The molecule has 1 aromatic heterocycles. The summed E-state index contributed by atoms with van der Waals surface area (Å²) in [5, 5.41) is 6.90. The normalized spacial score (nSPS) is 10.9. The zero-order chi connectivity index (χ0) is 19.8. The highest BCUT2D eigenvalue weighted by atomic mass is 32.1. The molecule has 6 heteroatoms. The highest BCUT2D eigenvalue weighted by Crippen LogP contribution is 2.17. The number of nitrogens with zero attached hydrogens (tertiary/aromatic N) is 3. The number of aromatic nitrogens is 1. The van der Waals surface area contributed by atoms with Gasteiger partial charge in [0, 0.05) is 24.2 Å². The van der Waals surface area contributed by atoms with Gasteiger partial charge in [-0.25, -0.2) is 10.4 Å². The molecule has 0 saturated heterocycles. The van der Waals surface area contributed by atoms with E-state index in [0.29, 0.717) is 0 Å². The quantitative estimate of drug-likeness (QED) is 0.462. The molecular formula is C22H24N4OS. The SMILES string of the molecule is CCN(Cc1ccccc1)c1ccc(/C=N\NC(=O)Cc2csc(C)n2)cc1. The molecule has 0 aliphatic heterocycles. The lowest BCUT2D eigenvalue weighted by molar-refractivity contribution is -0.120. The third-order valence-electron chi connectivity index (χ3n) is 4.27. The fourth-order valence-corrected chi connectivity index (χ4v) is 3.45. The van der Waals surface area contributed by atoms with Crippen LogP contribution >= 0.6 is 11.3 Å². The number of benzene rings is 2. The zero-order valence-electron chi connectivity index (χ0n) is 16.1. The first-order valence-electron chi connectivity index (χ1n) is 9.26. The van der Waals surface area contributed by atoms with Crippen LogP contribution in [0.1, 0.15) is 28.8 Å². The third kappa shape index (κ3) is 5.76. The molecule has 0 fully saturated rings. The Morgan fingerprint density at radius 2 is 1.93 bits per heavy atom. The Labute approximate surface area is 169 Å². The summed E-state index contributed by atoms with van der Waals surface area (Å²) in [4.78, 5) is 18.5.